The maximum atomic E-state index is 8.79. The van der Waals surface area contributed by atoms with Gasteiger partial charge in [0.25, 0.3) is 0 Å². The van der Waals surface area contributed by atoms with E-state index in [0.29, 0.717) is 16.7 Å². The Labute approximate surface area is 165 Å². The molecule has 1 N–H and O–H groups in total. The fraction of sp³-hybridized carbons (Fsp3) is 0.421. The smallest absolute Gasteiger partial charge is 0.226 e. The maximum absolute atomic E-state index is 8.79. The first-order valence-electron chi connectivity index (χ1n) is 8.72. The Hall–Kier alpha value is -1.81. The summed E-state index contributed by atoms with van der Waals surface area (Å²) in [5, 5.41) is 12.0. The summed E-state index contributed by atoms with van der Waals surface area (Å²) < 4.78 is 0. The first-order chi connectivity index (χ1) is 12.7. The summed E-state index contributed by atoms with van der Waals surface area (Å²) in [6.07, 6.45) is 4.14. The molecule has 26 heavy (non-hydrogen) atoms. The predicted octanol–water partition coefficient (Wildman–Crippen LogP) is 4.61. The van der Waals surface area contributed by atoms with Crippen LogP contribution in [0.25, 0.3) is 0 Å². The Balaban J connectivity index is 0.000000615. The van der Waals surface area contributed by atoms with Crippen molar-refractivity contribution >= 4 is 29.3 Å². The summed E-state index contributed by atoms with van der Waals surface area (Å²) in [7, 11) is 3.75. The van der Waals surface area contributed by atoms with Gasteiger partial charge in [0.1, 0.15) is 5.15 Å². The topological polar surface area (TPSA) is 64.8 Å². The number of nitrogens with one attached hydrogen (secondary N) is 1. The molecule has 1 saturated heterocycles. The second-order valence-electron chi connectivity index (χ2n) is 5.26. The van der Waals surface area contributed by atoms with Crippen LogP contribution < -0.4 is 10.2 Å². The molecule has 2 heterocycles. The van der Waals surface area contributed by atoms with Gasteiger partial charge in [0.05, 0.1) is 16.5 Å². The highest BCUT2D eigenvalue weighted by Crippen LogP contribution is 2.33. The zero-order valence-electron chi connectivity index (χ0n) is 15.8. The molecule has 0 amide bonds. The van der Waals surface area contributed by atoms with Gasteiger partial charge in [-0.05, 0) is 51.2 Å². The van der Waals surface area contributed by atoms with Crippen molar-refractivity contribution in [2.24, 2.45) is 0 Å². The molecule has 3 rings (SSSR count). The van der Waals surface area contributed by atoms with Crippen molar-refractivity contribution in [3.63, 3.8) is 0 Å². The Morgan fingerprint density at radius 3 is 2.23 bits per heavy atom. The molecular formula is C19H26ClN5S. The van der Waals surface area contributed by atoms with Gasteiger partial charge in [0, 0.05) is 24.2 Å². The van der Waals surface area contributed by atoms with Crippen molar-refractivity contribution < 1.29 is 0 Å². The minimum atomic E-state index is 0.473. The summed E-state index contributed by atoms with van der Waals surface area (Å²) in [4.78, 5) is 12.8. The van der Waals surface area contributed by atoms with Gasteiger partial charge in [0.2, 0.25) is 5.95 Å². The van der Waals surface area contributed by atoms with E-state index in [1.165, 1.54) is 24.6 Å². The first kappa shape index (κ1) is 22.2. The highest BCUT2D eigenvalue weighted by molar-refractivity contribution is 7.99. The van der Waals surface area contributed by atoms with Crippen molar-refractivity contribution in [1.29, 1.82) is 5.26 Å². The van der Waals surface area contributed by atoms with E-state index in [0.717, 1.165) is 22.9 Å². The number of aromatic nitrogens is 2. The van der Waals surface area contributed by atoms with Crippen LogP contribution in [0.15, 0.2) is 40.3 Å². The second kappa shape index (κ2) is 12.5. The third kappa shape index (κ3) is 6.83. The molecule has 0 atom stereocenters. The van der Waals surface area contributed by atoms with Gasteiger partial charge in [-0.25, -0.2) is 4.98 Å². The van der Waals surface area contributed by atoms with E-state index in [1.807, 2.05) is 40.1 Å². The molecule has 2 aromatic rings. The Morgan fingerprint density at radius 1 is 1.15 bits per heavy atom. The zero-order valence-corrected chi connectivity index (χ0v) is 17.4. The SMILES string of the molecule is CC.CNC.N#Cc1ccc(Sc2cnc(N3CCCC3)nc2Cl)cc1. The van der Waals surface area contributed by atoms with E-state index < -0.39 is 0 Å². The van der Waals surface area contributed by atoms with Crippen LogP contribution in [0, 0.1) is 11.3 Å². The van der Waals surface area contributed by atoms with Crippen LogP contribution in [-0.2, 0) is 0 Å². The molecule has 0 unspecified atom stereocenters. The summed E-state index contributed by atoms with van der Waals surface area (Å²) in [5.41, 5.74) is 0.645. The second-order valence-corrected chi connectivity index (χ2v) is 6.73. The van der Waals surface area contributed by atoms with Crippen molar-refractivity contribution in [3.05, 3.63) is 41.2 Å². The van der Waals surface area contributed by atoms with Gasteiger partial charge >= 0.3 is 0 Å². The van der Waals surface area contributed by atoms with Crippen molar-refractivity contribution in [1.82, 2.24) is 15.3 Å². The van der Waals surface area contributed by atoms with E-state index in [-0.39, 0.29) is 0 Å². The van der Waals surface area contributed by atoms with Crippen molar-refractivity contribution in [3.8, 4) is 6.07 Å². The molecule has 1 aliphatic heterocycles. The average molecular weight is 392 g/mol. The van der Waals surface area contributed by atoms with E-state index in [1.54, 1.807) is 18.3 Å². The van der Waals surface area contributed by atoms with Crippen LogP contribution in [0.1, 0.15) is 32.3 Å². The predicted molar refractivity (Wildman–Crippen MR) is 110 cm³/mol. The maximum Gasteiger partial charge on any atom is 0.226 e. The lowest BCUT2D eigenvalue weighted by Crippen LogP contribution is -2.20. The molecule has 7 heteroatoms. The molecule has 1 fully saturated rings. The van der Waals surface area contributed by atoms with Gasteiger partial charge < -0.3 is 10.2 Å². The van der Waals surface area contributed by atoms with Crippen LogP contribution in [0.5, 0.6) is 0 Å². The molecule has 0 aliphatic carbocycles. The third-order valence-electron chi connectivity index (χ3n) is 3.30. The lowest BCUT2D eigenvalue weighted by molar-refractivity contribution is 0.888. The fourth-order valence-electron chi connectivity index (χ4n) is 2.20. The van der Waals surface area contributed by atoms with Crippen LogP contribution in [0.2, 0.25) is 5.15 Å². The largest absolute Gasteiger partial charge is 0.341 e. The summed E-state index contributed by atoms with van der Waals surface area (Å²) in [6.45, 7) is 6.00. The minimum absolute atomic E-state index is 0.473. The number of benzene rings is 1. The first-order valence-corrected chi connectivity index (χ1v) is 9.91. The monoisotopic (exact) mass is 391 g/mol. The van der Waals surface area contributed by atoms with E-state index in [4.69, 9.17) is 16.9 Å². The standard InChI is InChI=1S/C15H13ClN4S.C2H7N.C2H6/c16-14-13(21-12-5-3-11(9-17)4-6-12)10-18-15(19-14)20-7-1-2-8-20;1-3-2;1-2/h3-6,10H,1-2,7-8H2;3H,1-2H3;1-2H3. The van der Waals surface area contributed by atoms with Crippen LogP contribution in [-0.4, -0.2) is 37.2 Å². The number of anilines is 1. The fourth-order valence-corrected chi connectivity index (χ4v) is 3.21. The van der Waals surface area contributed by atoms with Gasteiger partial charge in [0.15, 0.2) is 0 Å². The quantitative estimate of drug-likeness (QED) is 0.770. The van der Waals surface area contributed by atoms with Gasteiger partial charge in [-0.3, -0.25) is 0 Å². The van der Waals surface area contributed by atoms with Gasteiger partial charge in [-0.1, -0.05) is 37.2 Å². The Bertz CT molecular complexity index is 694. The van der Waals surface area contributed by atoms with E-state index in [9.17, 15) is 0 Å². The highest BCUT2D eigenvalue weighted by atomic mass is 35.5. The van der Waals surface area contributed by atoms with Crippen molar-refractivity contribution in [2.45, 2.75) is 36.5 Å². The third-order valence-corrected chi connectivity index (χ3v) is 4.73. The highest BCUT2D eigenvalue weighted by Gasteiger charge is 2.16. The number of hydrogen-bond acceptors (Lipinski definition) is 6. The van der Waals surface area contributed by atoms with Crippen LogP contribution in [0.3, 0.4) is 0 Å². The molecule has 0 radical (unpaired) electrons. The summed E-state index contributed by atoms with van der Waals surface area (Å²) in [6, 6.07) is 9.47. The number of halogens is 1. The molecule has 1 aromatic heterocycles. The zero-order chi connectivity index (χ0) is 19.4. The lowest BCUT2D eigenvalue weighted by atomic mass is 10.2. The van der Waals surface area contributed by atoms with Crippen LogP contribution in [0.4, 0.5) is 5.95 Å². The van der Waals surface area contributed by atoms with Gasteiger partial charge in [-0.15, -0.1) is 0 Å². The molecule has 0 saturated carbocycles. The minimum Gasteiger partial charge on any atom is -0.341 e. The molecular weight excluding hydrogens is 366 g/mol. The Morgan fingerprint density at radius 2 is 1.73 bits per heavy atom. The summed E-state index contributed by atoms with van der Waals surface area (Å²) in [5.74, 6) is 0.710. The summed E-state index contributed by atoms with van der Waals surface area (Å²) >= 11 is 7.77. The number of hydrogen-bond donors (Lipinski definition) is 1. The normalized spacial score (nSPS) is 12.4. The molecule has 140 valence electrons. The lowest BCUT2D eigenvalue weighted by Gasteiger charge is -2.15. The average Bonchev–Trinajstić information content (AvgIpc) is 3.21. The Kier molecular flexibility index (Phi) is 10.7. The number of nitriles is 1. The van der Waals surface area contributed by atoms with E-state index >= 15 is 0 Å². The molecule has 5 nitrogen and oxygen atoms in total. The molecule has 1 aromatic carbocycles. The molecule has 0 bridgehead atoms. The van der Waals surface area contributed by atoms with Gasteiger partial charge in [-0.2, -0.15) is 10.2 Å². The van der Waals surface area contributed by atoms with E-state index in [2.05, 4.69) is 26.3 Å². The number of rotatable bonds is 3. The van der Waals surface area contributed by atoms with Crippen molar-refractivity contribution in [2.75, 3.05) is 32.1 Å². The van der Waals surface area contributed by atoms with Crippen LogP contribution >= 0.6 is 23.4 Å². The number of nitrogens with zero attached hydrogens (tertiary/aromatic N) is 4. The molecule has 1 aliphatic rings. The molecule has 0 spiro atoms.